The second-order valence-electron chi connectivity index (χ2n) is 6.45. The van der Waals surface area contributed by atoms with Crippen molar-refractivity contribution in [2.45, 2.75) is 52.1 Å². The molecule has 21 heavy (non-hydrogen) atoms. The third kappa shape index (κ3) is 5.24. The van der Waals surface area contributed by atoms with Gasteiger partial charge in [-0.2, -0.15) is 0 Å². The Morgan fingerprint density at radius 3 is 2.38 bits per heavy atom. The molecule has 0 aromatic heterocycles. The van der Waals surface area contributed by atoms with Crippen LogP contribution in [0.3, 0.4) is 0 Å². The maximum absolute atomic E-state index is 12.0. The van der Waals surface area contributed by atoms with Crippen molar-refractivity contribution >= 4 is 17.9 Å². The van der Waals surface area contributed by atoms with E-state index in [1.165, 1.54) is 4.90 Å². The van der Waals surface area contributed by atoms with Gasteiger partial charge < -0.3 is 20.6 Å². The van der Waals surface area contributed by atoms with Crippen molar-refractivity contribution < 1.29 is 19.5 Å². The van der Waals surface area contributed by atoms with Gasteiger partial charge in [-0.25, -0.2) is 4.79 Å². The van der Waals surface area contributed by atoms with Gasteiger partial charge in [-0.3, -0.25) is 9.59 Å². The van der Waals surface area contributed by atoms with Crippen LogP contribution in [0.1, 0.15) is 40.5 Å². The molecule has 0 spiro atoms. The molecule has 0 radical (unpaired) electrons. The van der Waals surface area contributed by atoms with Gasteiger partial charge in [0.2, 0.25) is 5.91 Å². The summed E-state index contributed by atoms with van der Waals surface area (Å²) in [6, 6.07) is -0.638. The number of nitrogens with one attached hydrogen (secondary N) is 2. The lowest BCUT2D eigenvalue weighted by molar-refractivity contribution is -0.142. The molecule has 1 saturated heterocycles. The highest BCUT2D eigenvalue weighted by atomic mass is 16.4. The van der Waals surface area contributed by atoms with E-state index in [1.807, 2.05) is 20.8 Å². The molecule has 3 amide bonds. The van der Waals surface area contributed by atoms with Gasteiger partial charge in [-0.05, 0) is 34.1 Å². The third-order valence-electron chi connectivity index (χ3n) is 3.48. The molecule has 1 rings (SSSR count). The highest BCUT2D eigenvalue weighted by Gasteiger charge is 2.37. The fraction of sp³-hybridized carbons (Fsp3) is 0.786. The van der Waals surface area contributed by atoms with Gasteiger partial charge in [0.05, 0.1) is 5.92 Å². The summed E-state index contributed by atoms with van der Waals surface area (Å²) < 4.78 is 0. The molecule has 120 valence electrons. The number of aliphatic carboxylic acids is 1. The number of rotatable bonds is 4. The highest BCUT2D eigenvalue weighted by molar-refractivity contribution is 5.80. The molecular formula is C14H25N3O4. The summed E-state index contributed by atoms with van der Waals surface area (Å²) in [6.07, 6.45) is 0.669. The Bertz CT molecular complexity index is 417. The van der Waals surface area contributed by atoms with Gasteiger partial charge in [0.1, 0.15) is 0 Å². The molecule has 2 atom stereocenters. The molecular weight excluding hydrogens is 274 g/mol. The molecule has 1 aliphatic rings. The van der Waals surface area contributed by atoms with E-state index >= 15 is 0 Å². The van der Waals surface area contributed by atoms with Crippen LogP contribution >= 0.6 is 0 Å². The van der Waals surface area contributed by atoms with E-state index in [9.17, 15) is 14.4 Å². The Kier molecular flexibility index (Phi) is 5.57. The van der Waals surface area contributed by atoms with Crippen LogP contribution < -0.4 is 10.6 Å². The van der Waals surface area contributed by atoms with Gasteiger partial charge in [0.15, 0.2) is 0 Å². The van der Waals surface area contributed by atoms with Crippen LogP contribution in [0.5, 0.6) is 0 Å². The zero-order chi connectivity index (χ0) is 16.2. The van der Waals surface area contributed by atoms with E-state index < -0.39 is 11.9 Å². The van der Waals surface area contributed by atoms with Gasteiger partial charge in [-0.1, -0.05) is 0 Å². The summed E-state index contributed by atoms with van der Waals surface area (Å²) in [4.78, 5) is 36.1. The molecule has 3 N–H and O–H groups in total. The Balaban J connectivity index is 2.35. The first-order valence-corrected chi connectivity index (χ1v) is 7.20. The maximum Gasteiger partial charge on any atom is 0.317 e. The number of hydrogen-bond acceptors (Lipinski definition) is 3. The predicted molar refractivity (Wildman–Crippen MR) is 77.8 cm³/mol. The van der Waals surface area contributed by atoms with E-state index in [0.717, 1.165) is 0 Å². The third-order valence-corrected chi connectivity index (χ3v) is 3.48. The Labute approximate surface area is 125 Å². The van der Waals surface area contributed by atoms with E-state index in [-0.39, 0.29) is 36.5 Å². The first-order chi connectivity index (χ1) is 9.61. The standard InChI is InChI=1S/C14H25N3O4/c1-9-10(12(19)20)6-8-17(9)13(21)15-7-5-11(18)16-14(2,3)4/h9-10H,5-8H2,1-4H3,(H,15,21)(H,16,18)(H,19,20). The number of carbonyl (C=O) groups is 3. The zero-order valence-electron chi connectivity index (χ0n) is 13.1. The lowest BCUT2D eigenvalue weighted by Gasteiger charge is -2.24. The average molecular weight is 299 g/mol. The first-order valence-electron chi connectivity index (χ1n) is 7.20. The smallest absolute Gasteiger partial charge is 0.317 e. The van der Waals surface area contributed by atoms with E-state index in [0.29, 0.717) is 13.0 Å². The van der Waals surface area contributed by atoms with Crippen LogP contribution in [0, 0.1) is 5.92 Å². The van der Waals surface area contributed by atoms with Gasteiger partial charge in [-0.15, -0.1) is 0 Å². The van der Waals surface area contributed by atoms with Crippen LogP contribution in [0.15, 0.2) is 0 Å². The van der Waals surface area contributed by atoms with Crippen LogP contribution in [0.2, 0.25) is 0 Å². The Morgan fingerprint density at radius 1 is 1.29 bits per heavy atom. The molecule has 0 aliphatic carbocycles. The summed E-state index contributed by atoms with van der Waals surface area (Å²) in [5.41, 5.74) is -0.292. The van der Waals surface area contributed by atoms with E-state index in [2.05, 4.69) is 10.6 Å². The number of carbonyl (C=O) groups excluding carboxylic acids is 2. The number of carboxylic acids is 1. The molecule has 0 bridgehead atoms. The van der Waals surface area contributed by atoms with Crippen LogP contribution in [-0.4, -0.2) is 52.6 Å². The van der Waals surface area contributed by atoms with E-state index in [1.54, 1.807) is 6.92 Å². The molecule has 7 nitrogen and oxygen atoms in total. The number of urea groups is 1. The fourth-order valence-corrected chi connectivity index (χ4v) is 2.42. The lowest BCUT2D eigenvalue weighted by atomic mass is 10.0. The van der Waals surface area contributed by atoms with Gasteiger partial charge in [0, 0.05) is 31.1 Å². The maximum atomic E-state index is 12.0. The molecule has 0 saturated carbocycles. The second kappa shape index (κ2) is 6.78. The molecule has 0 aromatic rings. The highest BCUT2D eigenvalue weighted by Crippen LogP contribution is 2.24. The van der Waals surface area contributed by atoms with Crippen molar-refractivity contribution in [2.75, 3.05) is 13.1 Å². The number of likely N-dealkylation sites (tertiary alicyclic amines) is 1. The monoisotopic (exact) mass is 299 g/mol. The summed E-state index contributed by atoms with van der Waals surface area (Å²) in [6.45, 7) is 8.07. The Hall–Kier alpha value is -1.79. The molecule has 2 unspecified atom stereocenters. The summed E-state index contributed by atoms with van der Waals surface area (Å²) in [5, 5.41) is 14.5. The van der Waals surface area contributed by atoms with Crippen molar-refractivity contribution in [3.63, 3.8) is 0 Å². The molecule has 7 heteroatoms. The van der Waals surface area contributed by atoms with Crippen molar-refractivity contribution in [2.24, 2.45) is 5.92 Å². The number of amides is 3. The lowest BCUT2D eigenvalue weighted by Crippen LogP contribution is -2.46. The van der Waals surface area contributed by atoms with Crippen LogP contribution in [-0.2, 0) is 9.59 Å². The Morgan fingerprint density at radius 2 is 1.90 bits per heavy atom. The first kappa shape index (κ1) is 17.3. The van der Waals surface area contributed by atoms with Crippen molar-refractivity contribution in [1.82, 2.24) is 15.5 Å². The predicted octanol–water partition coefficient (Wildman–Crippen LogP) is 0.796. The minimum absolute atomic E-state index is 0.124. The molecule has 1 heterocycles. The summed E-state index contributed by atoms with van der Waals surface area (Å²) in [7, 11) is 0. The minimum Gasteiger partial charge on any atom is -0.481 e. The SMILES string of the molecule is CC1C(C(=O)O)CCN1C(=O)NCCC(=O)NC(C)(C)C. The largest absolute Gasteiger partial charge is 0.481 e. The summed E-state index contributed by atoms with van der Waals surface area (Å²) >= 11 is 0. The fourth-order valence-electron chi connectivity index (χ4n) is 2.42. The molecule has 1 fully saturated rings. The summed E-state index contributed by atoms with van der Waals surface area (Å²) in [5.74, 6) is -1.51. The average Bonchev–Trinajstić information content (AvgIpc) is 2.68. The number of hydrogen-bond donors (Lipinski definition) is 3. The van der Waals surface area contributed by atoms with Crippen molar-refractivity contribution in [3.05, 3.63) is 0 Å². The second-order valence-corrected chi connectivity index (χ2v) is 6.45. The van der Waals surface area contributed by atoms with Crippen molar-refractivity contribution in [3.8, 4) is 0 Å². The zero-order valence-corrected chi connectivity index (χ0v) is 13.1. The molecule has 1 aliphatic heterocycles. The van der Waals surface area contributed by atoms with Gasteiger partial charge in [0.25, 0.3) is 0 Å². The van der Waals surface area contributed by atoms with Crippen molar-refractivity contribution in [1.29, 1.82) is 0 Å². The number of carboxylic acid groups (broad SMARTS) is 1. The number of nitrogens with zero attached hydrogens (tertiary/aromatic N) is 1. The topological polar surface area (TPSA) is 98.7 Å². The minimum atomic E-state index is -0.873. The quantitative estimate of drug-likeness (QED) is 0.715. The van der Waals surface area contributed by atoms with E-state index in [4.69, 9.17) is 5.11 Å². The van der Waals surface area contributed by atoms with Crippen LogP contribution in [0.4, 0.5) is 4.79 Å². The van der Waals surface area contributed by atoms with Gasteiger partial charge >= 0.3 is 12.0 Å². The molecule has 0 aromatic carbocycles. The van der Waals surface area contributed by atoms with Crippen LogP contribution in [0.25, 0.3) is 0 Å². The normalized spacial score (nSPS) is 22.0.